The fourth-order valence-electron chi connectivity index (χ4n) is 3.20. The SMILES string of the molecule is CCCN1C(=O)Cc2cc(N3CC(CNC(=O)CC)OC3=O)ccc21. The van der Waals surface area contributed by atoms with Gasteiger partial charge in [0.2, 0.25) is 11.8 Å². The Labute approximate surface area is 146 Å². The highest BCUT2D eigenvalue weighted by Crippen LogP contribution is 2.33. The van der Waals surface area contributed by atoms with Crippen LogP contribution in [0.15, 0.2) is 18.2 Å². The van der Waals surface area contributed by atoms with Crippen LogP contribution in [0.5, 0.6) is 0 Å². The van der Waals surface area contributed by atoms with Crippen molar-refractivity contribution >= 4 is 29.3 Å². The number of carbonyl (C=O) groups is 3. The van der Waals surface area contributed by atoms with Gasteiger partial charge in [-0.05, 0) is 30.2 Å². The molecule has 1 saturated heterocycles. The topological polar surface area (TPSA) is 79.0 Å². The second-order valence-corrected chi connectivity index (χ2v) is 6.31. The first kappa shape index (κ1) is 17.3. The van der Waals surface area contributed by atoms with Gasteiger partial charge >= 0.3 is 6.09 Å². The summed E-state index contributed by atoms with van der Waals surface area (Å²) in [6.45, 7) is 5.21. The number of hydrogen-bond donors (Lipinski definition) is 1. The standard InChI is InChI=1S/C18H23N3O4/c1-3-7-20-15-6-5-13(8-12(15)9-17(20)23)21-11-14(25-18(21)24)10-19-16(22)4-2/h5-6,8,14H,3-4,7,9-11H2,1-2H3,(H,19,22). The molecule has 0 aliphatic carbocycles. The van der Waals surface area contributed by atoms with E-state index in [0.29, 0.717) is 32.5 Å². The van der Waals surface area contributed by atoms with E-state index in [9.17, 15) is 14.4 Å². The molecule has 2 aliphatic rings. The van der Waals surface area contributed by atoms with E-state index < -0.39 is 6.09 Å². The Morgan fingerprint density at radius 2 is 2.12 bits per heavy atom. The van der Waals surface area contributed by atoms with Crippen LogP contribution in [0.25, 0.3) is 0 Å². The Morgan fingerprint density at radius 1 is 1.32 bits per heavy atom. The van der Waals surface area contributed by atoms with Gasteiger partial charge < -0.3 is 15.0 Å². The van der Waals surface area contributed by atoms with Crippen molar-refractivity contribution in [3.63, 3.8) is 0 Å². The molecule has 0 saturated carbocycles. The predicted molar refractivity (Wildman–Crippen MR) is 93.7 cm³/mol. The second kappa shape index (κ2) is 7.13. The van der Waals surface area contributed by atoms with E-state index in [1.807, 2.05) is 25.1 Å². The Morgan fingerprint density at radius 3 is 2.84 bits per heavy atom. The van der Waals surface area contributed by atoms with Crippen molar-refractivity contribution in [2.75, 3.05) is 29.4 Å². The molecule has 1 unspecified atom stereocenters. The number of anilines is 2. The van der Waals surface area contributed by atoms with E-state index in [-0.39, 0.29) is 17.9 Å². The predicted octanol–water partition coefficient (Wildman–Crippen LogP) is 1.84. The normalized spacial score (nSPS) is 19.2. The van der Waals surface area contributed by atoms with Gasteiger partial charge in [0.25, 0.3) is 0 Å². The molecule has 134 valence electrons. The molecule has 1 aromatic rings. The van der Waals surface area contributed by atoms with Crippen molar-refractivity contribution < 1.29 is 19.1 Å². The number of benzene rings is 1. The molecular weight excluding hydrogens is 322 g/mol. The first-order valence-electron chi connectivity index (χ1n) is 8.71. The van der Waals surface area contributed by atoms with Crippen LogP contribution in [-0.2, 0) is 20.7 Å². The van der Waals surface area contributed by atoms with Crippen LogP contribution in [-0.4, -0.2) is 43.6 Å². The molecule has 0 aromatic heterocycles. The summed E-state index contributed by atoms with van der Waals surface area (Å²) in [6, 6.07) is 5.62. The Hall–Kier alpha value is -2.57. The van der Waals surface area contributed by atoms with E-state index in [1.54, 1.807) is 16.7 Å². The molecule has 7 heteroatoms. The zero-order valence-corrected chi connectivity index (χ0v) is 14.6. The van der Waals surface area contributed by atoms with Crippen LogP contribution in [0.2, 0.25) is 0 Å². The molecule has 2 aliphatic heterocycles. The zero-order valence-electron chi connectivity index (χ0n) is 14.6. The van der Waals surface area contributed by atoms with Crippen molar-refractivity contribution in [2.24, 2.45) is 0 Å². The Balaban J connectivity index is 1.71. The highest BCUT2D eigenvalue weighted by Gasteiger charge is 2.34. The molecule has 0 spiro atoms. The van der Waals surface area contributed by atoms with Crippen LogP contribution in [0.4, 0.5) is 16.2 Å². The van der Waals surface area contributed by atoms with Crippen molar-refractivity contribution in [1.29, 1.82) is 0 Å². The maximum Gasteiger partial charge on any atom is 0.414 e. The molecular formula is C18H23N3O4. The highest BCUT2D eigenvalue weighted by molar-refractivity contribution is 6.02. The van der Waals surface area contributed by atoms with E-state index in [0.717, 1.165) is 23.4 Å². The molecule has 1 fully saturated rings. The molecule has 0 bridgehead atoms. The first-order valence-corrected chi connectivity index (χ1v) is 8.71. The van der Waals surface area contributed by atoms with Gasteiger partial charge in [0.15, 0.2) is 0 Å². The number of cyclic esters (lactones) is 1. The van der Waals surface area contributed by atoms with E-state index in [2.05, 4.69) is 5.32 Å². The molecule has 2 heterocycles. The maximum absolute atomic E-state index is 12.1. The van der Waals surface area contributed by atoms with Crippen LogP contribution in [0.3, 0.4) is 0 Å². The lowest BCUT2D eigenvalue weighted by Crippen LogP contribution is -2.34. The van der Waals surface area contributed by atoms with Gasteiger partial charge in [-0.1, -0.05) is 13.8 Å². The summed E-state index contributed by atoms with van der Waals surface area (Å²) in [5, 5.41) is 2.74. The molecule has 7 nitrogen and oxygen atoms in total. The van der Waals surface area contributed by atoms with Gasteiger partial charge in [0.1, 0.15) is 6.10 Å². The van der Waals surface area contributed by atoms with E-state index in [4.69, 9.17) is 4.74 Å². The summed E-state index contributed by atoms with van der Waals surface area (Å²) in [5.41, 5.74) is 2.58. The third-order valence-corrected chi connectivity index (χ3v) is 4.48. The summed E-state index contributed by atoms with van der Waals surface area (Å²) in [7, 11) is 0. The quantitative estimate of drug-likeness (QED) is 0.853. The monoisotopic (exact) mass is 345 g/mol. The summed E-state index contributed by atoms with van der Waals surface area (Å²) in [5.74, 6) is 0.0275. The summed E-state index contributed by atoms with van der Waals surface area (Å²) in [4.78, 5) is 39.0. The summed E-state index contributed by atoms with van der Waals surface area (Å²) in [6.07, 6.45) is 0.871. The number of carbonyl (C=O) groups excluding carboxylic acids is 3. The van der Waals surface area contributed by atoms with Crippen molar-refractivity contribution in [3.8, 4) is 0 Å². The molecule has 0 radical (unpaired) electrons. The van der Waals surface area contributed by atoms with E-state index >= 15 is 0 Å². The molecule has 1 N–H and O–H groups in total. The lowest BCUT2D eigenvalue weighted by atomic mass is 10.1. The first-order chi connectivity index (χ1) is 12.0. The number of amides is 3. The minimum absolute atomic E-state index is 0.0680. The largest absolute Gasteiger partial charge is 0.442 e. The lowest BCUT2D eigenvalue weighted by Gasteiger charge is -2.18. The van der Waals surface area contributed by atoms with Crippen molar-refractivity contribution in [1.82, 2.24) is 5.32 Å². The molecule has 1 aromatic carbocycles. The minimum Gasteiger partial charge on any atom is -0.442 e. The Kier molecular flexibility index (Phi) is 4.92. The number of nitrogens with zero attached hydrogens (tertiary/aromatic N) is 2. The van der Waals surface area contributed by atoms with Crippen LogP contribution >= 0.6 is 0 Å². The molecule has 25 heavy (non-hydrogen) atoms. The summed E-state index contributed by atoms with van der Waals surface area (Å²) < 4.78 is 5.32. The third-order valence-electron chi connectivity index (χ3n) is 4.48. The van der Waals surface area contributed by atoms with Crippen LogP contribution in [0.1, 0.15) is 32.3 Å². The number of rotatable bonds is 6. The maximum atomic E-state index is 12.1. The van der Waals surface area contributed by atoms with Gasteiger partial charge in [-0.15, -0.1) is 0 Å². The minimum atomic E-state index is -0.426. The van der Waals surface area contributed by atoms with Gasteiger partial charge in [0, 0.05) is 24.3 Å². The smallest absolute Gasteiger partial charge is 0.414 e. The molecule has 3 rings (SSSR count). The van der Waals surface area contributed by atoms with Gasteiger partial charge in [-0.25, -0.2) is 4.79 Å². The average molecular weight is 345 g/mol. The third kappa shape index (κ3) is 3.45. The highest BCUT2D eigenvalue weighted by atomic mass is 16.6. The number of ether oxygens (including phenoxy) is 1. The van der Waals surface area contributed by atoms with Gasteiger partial charge in [0.05, 0.1) is 19.5 Å². The van der Waals surface area contributed by atoms with Gasteiger partial charge in [-0.2, -0.15) is 0 Å². The number of nitrogens with one attached hydrogen (secondary N) is 1. The number of fused-ring (bicyclic) bond motifs is 1. The summed E-state index contributed by atoms with van der Waals surface area (Å²) >= 11 is 0. The second-order valence-electron chi connectivity index (χ2n) is 6.31. The van der Waals surface area contributed by atoms with Gasteiger partial charge in [-0.3, -0.25) is 14.5 Å². The van der Waals surface area contributed by atoms with E-state index in [1.165, 1.54) is 0 Å². The fraction of sp³-hybridized carbons (Fsp3) is 0.500. The molecule has 1 atom stereocenters. The average Bonchev–Trinajstić information content (AvgIpc) is 3.12. The van der Waals surface area contributed by atoms with Crippen molar-refractivity contribution in [2.45, 2.75) is 39.2 Å². The van der Waals surface area contributed by atoms with Crippen molar-refractivity contribution in [3.05, 3.63) is 23.8 Å². The van der Waals surface area contributed by atoms with Crippen LogP contribution < -0.4 is 15.1 Å². The molecule has 3 amide bonds. The number of hydrogen-bond acceptors (Lipinski definition) is 4. The van der Waals surface area contributed by atoms with Crippen LogP contribution in [0, 0.1) is 0 Å². The Bertz CT molecular complexity index is 704. The lowest BCUT2D eigenvalue weighted by molar-refractivity contribution is -0.121. The zero-order chi connectivity index (χ0) is 18.0. The fourth-order valence-corrected chi connectivity index (χ4v) is 3.20.